The van der Waals surface area contributed by atoms with Crippen LogP contribution in [0.5, 0.6) is 0 Å². The molecule has 3 nitrogen and oxygen atoms in total. The van der Waals surface area contributed by atoms with Crippen molar-refractivity contribution in [3.05, 3.63) is 23.4 Å². The van der Waals surface area contributed by atoms with E-state index in [9.17, 15) is 4.79 Å². The largest absolute Gasteiger partial charge is 0.377 e. The predicted molar refractivity (Wildman–Crippen MR) is 109 cm³/mol. The first-order valence-corrected chi connectivity index (χ1v) is 10.9. The van der Waals surface area contributed by atoms with Gasteiger partial charge in [-0.1, -0.05) is 25.5 Å². The van der Waals surface area contributed by atoms with Crippen molar-refractivity contribution in [1.29, 1.82) is 0 Å². The van der Waals surface area contributed by atoms with Crippen molar-refractivity contribution < 1.29 is 9.53 Å². The molecule has 0 radical (unpaired) electrons. The van der Waals surface area contributed by atoms with Crippen molar-refractivity contribution in [2.45, 2.75) is 72.3 Å². The van der Waals surface area contributed by atoms with Gasteiger partial charge in [0.05, 0.1) is 12.7 Å². The lowest BCUT2D eigenvalue weighted by Crippen LogP contribution is -2.56. The molecular formula is C24H37NO2. The van der Waals surface area contributed by atoms with Crippen molar-refractivity contribution in [3.63, 3.8) is 0 Å². The minimum atomic E-state index is 0.188. The molecule has 0 aromatic heterocycles. The second-order valence-electron chi connectivity index (χ2n) is 10.5. The molecule has 0 spiro atoms. The molecular weight excluding hydrogens is 334 g/mol. The average Bonchev–Trinajstić information content (AvgIpc) is 2.93. The molecule has 0 aromatic rings. The Morgan fingerprint density at radius 3 is 2.81 bits per heavy atom. The van der Waals surface area contributed by atoms with Crippen LogP contribution < -0.4 is 0 Å². The fraction of sp³-hybridized carbons (Fsp3) is 0.792. The number of likely N-dealkylation sites (tertiary alicyclic amines) is 1. The average molecular weight is 372 g/mol. The fourth-order valence-corrected chi connectivity index (χ4v) is 7.04. The Hall–Kier alpha value is -1.09. The van der Waals surface area contributed by atoms with Gasteiger partial charge in [0.2, 0.25) is 0 Å². The van der Waals surface area contributed by atoms with Crippen molar-refractivity contribution in [2.24, 2.45) is 28.6 Å². The second kappa shape index (κ2) is 6.76. The Kier molecular flexibility index (Phi) is 4.81. The maximum atomic E-state index is 12.1. The van der Waals surface area contributed by atoms with E-state index < -0.39 is 0 Å². The van der Waals surface area contributed by atoms with Crippen LogP contribution in [0, 0.1) is 28.6 Å². The molecule has 0 aromatic carbocycles. The van der Waals surface area contributed by atoms with Crippen molar-refractivity contribution in [1.82, 2.24) is 4.90 Å². The first-order valence-electron chi connectivity index (χ1n) is 10.9. The van der Waals surface area contributed by atoms with Gasteiger partial charge >= 0.3 is 0 Å². The van der Waals surface area contributed by atoms with Crippen molar-refractivity contribution >= 4 is 5.78 Å². The van der Waals surface area contributed by atoms with Crippen LogP contribution in [0.25, 0.3) is 0 Å². The summed E-state index contributed by atoms with van der Waals surface area (Å²) in [6.45, 7) is 11.1. The quantitative estimate of drug-likeness (QED) is 0.655. The monoisotopic (exact) mass is 371 g/mol. The molecule has 3 heteroatoms. The number of carbonyl (C=O) groups is 1. The van der Waals surface area contributed by atoms with Gasteiger partial charge in [0.15, 0.2) is 5.78 Å². The highest BCUT2D eigenvalue weighted by Gasteiger charge is 2.59. The first kappa shape index (κ1) is 19.2. The van der Waals surface area contributed by atoms with Crippen molar-refractivity contribution in [2.75, 3.05) is 20.2 Å². The molecule has 27 heavy (non-hydrogen) atoms. The van der Waals surface area contributed by atoms with E-state index in [0.717, 1.165) is 43.7 Å². The van der Waals surface area contributed by atoms with Gasteiger partial charge in [-0.05, 0) is 69.1 Å². The van der Waals surface area contributed by atoms with Crippen LogP contribution in [0.15, 0.2) is 23.4 Å². The van der Waals surface area contributed by atoms with Gasteiger partial charge in [0.25, 0.3) is 0 Å². The highest BCUT2D eigenvalue weighted by atomic mass is 16.5. The van der Waals surface area contributed by atoms with Gasteiger partial charge in [-0.2, -0.15) is 0 Å². The molecule has 3 fully saturated rings. The summed E-state index contributed by atoms with van der Waals surface area (Å²) in [4.78, 5) is 14.5. The Morgan fingerprint density at radius 1 is 1.30 bits per heavy atom. The third-order valence-corrected chi connectivity index (χ3v) is 8.48. The third-order valence-electron chi connectivity index (χ3n) is 8.48. The summed E-state index contributed by atoms with van der Waals surface area (Å²) in [6, 6.07) is 0. The van der Waals surface area contributed by atoms with Gasteiger partial charge < -0.3 is 9.64 Å². The van der Waals surface area contributed by atoms with E-state index in [4.69, 9.17) is 4.74 Å². The lowest BCUT2D eigenvalue weighted by atomic mass is 9.50. The Bertz CT molecular complexity index is 676. The molecule has 1 aliphatic heterocycles. The first-order chi connectivity index (χ1) is 12.7. The molecule has 1 saturated heterocycles. The number of nitrogens with zero attached hydrogens (tertiary/aromatic N) is 1. The number of allylic oxidation sites excluding steroid dienone is 3. The molecule has 1 heterocycles. The smallest absolute Gasteiger partial charge is 0.157 e. The molecule has 2 saturated carbocycles. The molecule has 0 bridgehead atoms. The van der Waals surface area contributed by atoms with Crippen LogP contribution in [-0.2, 0) is 9.53 Å². The number of fused-ring (bicyclic) bond motifs is 5. The summed E-state index contributed by atoms with van der Waals surface area (Å²) < 4.78 is 6.28. The molecule has 0 amide bonds. The lowest BCUT2D eigenvalue weighted by molar-refractivity contribution is -0.118. The number of hydrogen-bond donors (Lipinski definition) is 0. The van der Waals surface area contributed by atoms with Gasteiger partial charge in [-0.25, -0.2) is 0 Å². The summed E-state index contributed by atoms with van der Waals surface area (Å²) in [6.07, 6.45) is 11.4. The van der Waals surface area contributed by atoms with E-state index in [1.165, 1.54) is 37.0 Å². The fourth-order valence-electron chi connectivity index (χ4n) is 7.04. The van der Waals surface area contributed by atoms with E-state index in [2.05, 4.69) is 45.7 Å². The molecule has 1 unspecified atom stereocenters. The number of carbonyl (C=O) groups excluding carboxylic acids is 1. The third kappa shape index (κ3) is 3.20. The number of piperidine rings is 1. The van der Waals surface area contributed by atoms with E-state index in [1.807, 2.05) is 6.08 Å². The molecule has 0 N–H and O–H groups in total. The van der Waals surface area contributed by atoms with Crippen LogP contribution in [0.1, 0.15) is 66.2 Å². The van der Waals surface area contributed by atoms with Gasteiger partial charge in [-0.15, -0.1) is 0 Å². The molecule has 6 atom stereocenters. The summed E-state index contributed by atoms with van der Waals surface area (Å²) in [5.74, 6) is 2.54. The highest BCUT2D eigenvalue weighted by molar-refractivity contribution is 5.91. The number of ether oxygens (including phenoxy) is 1. The number of rotatable bonds is 3. The summed E-state index contributed by atoms with van der Waals surface area (Å²) in [7, 11) is 2.21. The minimum absolute atomic E-state index is 0.188. The number of hydrogen-bond acceptors (Lipinski definition) is 3. The Balaban J connectivity index is 1.56. The van der Waals surface area contributed by atoms with Crippen LogP contribution in [0.4, 0.5) is 0 Å². The second-order valence-corrected chi connectivity index (χ2v) is 10.5. The van der Waals surface area contributed by atoms with Crippen LogP contribution >= 0.6 is 0 Å². The van der Waals surface area contributed by atoms with E-state index in [0.29, 0.717) is 17.3 Å². The maximum absolute atomic E-state index is 12.1. The normalized spacial score (nSPS) is 43.5. The zero-order valence-corrected chi connectivity index (χ0v) is 17.9. The van der Waals surface area contributed by atoms with E-state index in [1.54, 1.807) is 0 Å². The van der Waals surface area contributed by atoms with Crippen molar-refractivity contribution in [3.8, 4) is 0 Å². The van der Waals surface area contributed by atoms with Gasteiger partial charge in [0, 0.05) is 37.2 Å². The summed E-state index contributed by atoms with van der Waals surface area (Å²) >= 11 is 0. The SMILES string of the molecule is CC(C)=CCOC1C[C@H]2[C@@H]3CN(C)C4=CC(=O)CC[C@]4(C)[C@@H]3CC[C@]2(C)C1. The van der Waals surface area contributed by atoms with E-state index in [-0.39, 0.29) is 5.41 Å². The van der Waals surface area contributed by atoms with Crippen LogP contribution in [0.3, 0.4) is 0 Å². The molecule has 4 rings (SSSR count). The lowest BCUT2D eigenvalue weighted by Gasteiger charge is -2.59. The Morgan fingerprint density at radius 2 is 2.07 bits per heavy atom. The summed E-state index contributed by atoms with van der Waals surface area (Å²) in [5.41, 5.74) is 3.27. The number of ketones is 1. The predicted octanol–water partition coefficient (Wildman–Crippen LogP) is 4.98. The molecule has 4 aliphatic rings. The molecule has 3 aliphatic carbocycles. The zero-order valence-electron chi connectivity index (χ0n) is 17.9. The highest BCUT2D eigenvalue weighted by Crippen LogP contribution is 2.64. The summed E-state index contributed by atoms with van der Waals surface area (Å²) in [5, 5.41) is 0. The van der Waals surface area contributed by atoms with Crippen LogP contribution in [-0.4, -0.2) is 37.0 Å². The van der Waals surface area contributed by atoms with Gasteiger partial charge in [-0.3, -0.25) is 4.79 Å². The maximum Gasteiger partial charge on any atom is 0.157 e. The zero-order chi connectivity index (χ0) is 19.4. The molecule has 150 valence electrons. The van der Waals surface area contributed by atoms with E-state index >= 15 is 0 Å². The van der Waals surface area contributed by atoms with Crippen LogP contribution in [0.2, 0.25) is 0 Å². The Labute approximate surface area is 165 Å². The topological polar surface area (TPSA) is 29.5 Å². The minimum Gasteiger partial charge on any atom is -0.377 e. The standard InChI is InChI=1S/C24H37NO2/c1-16(2)8-11-27-18-13-21-19-15-25(5)22-12-17(26)6-10-24(22,4)20(19)7-9-23(21,3)14-18/h8,12,18-21H,6-7,9-11,13-15H2,1-5H3/t18?,19-,20-,21+,23-,24-/m1/s1. The van der Waals surface area contributed by atoms with Gasteiger partial charge in [0.1, 0.15) is 0 Å².